The average Bonchev–Trinajstić information content (AvgIpc) is 3.28. The van der Waals surface area contributed by atoms with Gasteiger partial charge >= 0.3 is 0 Å². The van der Waals surface area contributed by atoms with Crippen LogP contribution in [0, 0.1) is 10.2 Å². The molecule has 0 radical (unpaired) electrons. The summed E-state index contributed by atoms with van der Waals surface area (Å²) < 4.78 is 2.18. The van der Waals surface area contributed by atoms with Gasteiger partial charge in [0, 0.05) is 11.5 Å². The van der Waals surface area contributed by atoms with Crippen molar-refractivity contribution in [2.24, 2.45) is 5.41 Å². The molecule has 0 spiro atoms. The van der Waals surface area contributed by atoms with Crippen molar-refractivity contribution in [3.05, 3.63) is 22.3 Å². The molecule has 130 valence electrons. The predicted octanol–water partition coefficient (Wildman–Crippen LogP) is 2.90. The van der Waals surface area contributed by atoms with Crippen molar-refractivity contribution in [2.45, 2.75) is 45.2 Å². The number of nitrogens with zero attached hydrogens (tertiary/aromatic N) is 2. The summed E-state index contributed by atoms with van der Waals surface area (Å²) in [6, 6.07) is 3.41. The van der Waals surface area contributed by atoms with E-state index in [9.17, 15) is 9.90 Å². The van der Waals surface area contributed by atoms with Gasteiger partial charge in [-0.1, -0.05) is 19.4 Å². The molecular weight excluding hydrogens is 344 g/mol. The highest BCUT2D eigenvalue weighted by Gasteiger charge is 2.39. The lowest BCUT2D eigenvalue weighted by molar-refractivity contribution is -0.125. The monoisotopic (exact) mass is 366 g/mol. The minimum absolute atomic E-state index is 0.0105. The second-order valence-electron chi connectivity index (χ2n) is 6.64. The highest BCUT2D eigenvalue weighted by Crippen LogP contribution is 2.37. The summed E-state index contributed by atoms with van der Waals surface area (Å²) in [6.07, 6.45) is 2.83. The van der Waals surface area contributed by atoms with Crippen LogP contribution in [0.5, 0.6) is 0 Å². The third-order valence-electron chi connectivity index (χ3n) is 4.97. The SMILES string of the molecule is C[C@H](C(=O)N[C@H]1CCC[C@]1(C)CO)n1c(-c2cccs2)n[nH]c1=S. The molecule has 0 aliphatic heterocycles. The van der Waals surface area contributed by atoms with E-state index < -0.39 is 6.04 Å². The Balaban J connectivity index is 1.82. The van der Waals surface area contributed by atoms with Crippen molar-refractivity contribution in [1.29, 1.82) is 0 Å². The van der Waals surface area contributed by atoms with Crippen molar-refractivity contribution in [3.8, 4) is 10.7 Å². The summed E-state index contributed by atoms with van der Waals surface area (Å²) in [7, 11) is 0. The van der Waals surface area contributed by atoms with Crippen LogP contribution in [0.1, 0.15) is 39.2 Å². The summed E-state index contributed by atoms with van der Waals surface area (Å²) in [5.74, 6) is 0.575. The quantitative estimate of drug-likeness (QED) is 0.711. The molecule has 6 nitrogen and oxygen atoms in total. The Hall–Kier alpha value is -1.51. The molecule has 0 aromatic carbocycles. The summed E-state index contributed by atoms with van der Waals surface area (Å²) in [5.41, 5.74) is -0.246. The maximum Gasteiger partial charge on any atom is 0.243 e. The lowest BCUT2D eigenvalue weighted by Crippen LogP contribution is -2.46. The number of amides is 1. The van der Waals surface area contributed by atoms with Crippen LogP contribution in [0.3, 0.4) is 0 Å². The summed E-state index contributed by atoms with van der Waals surface area (Å²) >= 11 is 6.88. The number of aliphatic hydroxyl groups excluding tert-OH is 1. The van der Waals surface area contributed by atoms with Gasteiger partial charge in [-0.3, -0.25) is 14.5 Å². The number of aliphatic hydroxyl groups is 1. The van der Waals surface area contributed by atoms with Crippen molar-refractivity contribution in [1.82, 2.24) is 20.1 Å². The molecule has 2 aromatic heterocycles. The zero-order chi connectivity index (χ0) is 17.3. The van der Waals surface area contributed by atoms with Crippen LogP contribution in [0.15, 0.2) is 17.5 Å². The zero-order valence-electron chi connectivity index (χ0n) is 13.8. The van der Waals surface area contributed by atoms with E-state index in [-0.39, 0.29) is 24.0 Å². The van der Waals surface area contributed by atoms with Gasteiger partial charge in [-0.05, 0) is 43.4 Å². The number of carbonyl (C=O) groups excluding carboxylic acids is 1. The topological polar surface area (TPSA) is 82.9 Å². The van der Waals surface area contributed by atoms with Gasteiger partial charge in [0.1, 0.15) is 6.04 Å². The first-order valence-corrected chi connectivity index (χ1v) is 9.37. The van der Waals surface area contributed by atoms with Gasteiger partial charge in [-0.2, -0.15) is 5.10 Å². The second kappa shape index (κ2) is 6.78. The number of hydrogen-bond acceptors (Lipinski definition) is 5. The van der Waals surface area contributed by atoms with E-state index in [1.54, 1.807) is 15.9 Å². The molecule has 3 rings (SSSR count). The molecule has 8 heteroatoms. The van der Waals surface area contributed by atoms with E-state index in [1.807, 2.05) is 31.4 Å². The molecule has 1 saturated carbocycles. The Kier molecular flexibility index (Phi) is 4.89. The Morgan fingerprint density at radius 2 is 2.50 bits per heavy atom. The number of aromatic amines is 1. The van der Waals surface area contributed by atoms with Crippen molar-refractivity contribution in [2.75, 3.05) is 6.61 Å². The van der Waals surface area contributed by atoms with E-state index >= 15 is 0 Å². The molecule has 1 amide bonds. The molecule has 24 heavy (non-hydrogen) atoms. The number of hydrogen-bond donors (Lipinski definition) is 3. The molecule has 1 aliphatic rings. The normalized spacial score (nSPS) is 24.9. The molecule has 0 bridgehead atoms. The van der Waals surface area contributed by atoms with Crippen LogP contribution in [0.25, 0.3) is 10.7 Å². The predicted molar refractivity (Wildman–Crippen MR) is 96.4 cm³/mol. The molecule has 2 heterocycles. The third kappa shape index (κ3) is 3.05. The van der Waals surface area contributed by atoms with E-state index in [0.717, 1.165) is 24.1 Å². The number of rotatable bonds is 5. The third-order valence-corrected chi connectivity index (χ3v) is 6.13. The molecular formula is C16H22N4O2S2. The maximum atomic E-state index is 12.8. The second-order valence-corrected chi connectivity index (χ2v) is 7.98. The smallest absolute Gasteiger partial charge is 0.243 e. The van der Waals surface area contributed by atoms with Crippen molar-refractivity contribution < 1.29 is 9.90 Å². The Labute approximate surface area is 149 Å². The van der Waals surface area contributed by atoms with E-state index in [1.165, 1.54) is 0 Å². The molecule has 3 atom stereocenters. The van der Waals surface area contributed by atoms with E-state index in [0.29, 0.717) is 10.6 Å². The van der Waals surface area contributed by atoms with Gasteiger partial charge in [0.2, 0.25) is 5.91 Å². The van der Waals surface area contributed by atoms with Gasteiger partial charge < -0.3 is 10.4 Å². The first-order chi connectivity index (χ1) is 11.5. The van der Waals surface area contributed by atoms with Gasteiger partial charge in [-0.15, -0.1) is 11.3 Å². The molecule has 3 N–H and O–H groups in total. The fraction of sp³-hybridized carbons (Fsp3) is 0.562. The number of aromatic nitrogens is 3. The van der Waals surface area contributed by atoms with E-state index in [2.05, 4.69) is 15.5 Å². The lowest BCUT2D eigenvalue weighted by Gasteiger charge is -2.31. The van der Waals surface area contributed by atoms with Crippen LogP contribution < -0.4 is 5.32 Å². The molecule has 2 aromatic rings. The summed E-state index contributed by atoms with van der Waals surface area (Å²) in [6.45, 7) is 3.93. The van der Waals surface area contributed by atoms with E-state index in [4.69, 9.17) is 12.2 Å². The Morgan fingerprint density at radius 3 is 3.17 bits per heavy atom. The van der Waals surface area contributed by atoms with Gasteiger partial charge in [-0.25, -0.2) is 0 Å². The molecule has 1 aliphatic carbocycles. The number of H-pyrrole nitrogens is 1. The first kappa shape index (κ1) is 17.3. The number of nitrogens with one attached hydrogen (secondary N) is 2. The lowest BCUT2D eigenvalue weighted by atomic mass is 9.85. The minimum atomic E-state index is -0.475. The Bertz CT molecular complexity index is 767. The highest BCUT2D eigenvalue weighted by molar-refractivity contribution is 7.71. The fourth-order valence-electron chi connectivity index (χ4n) is 3.32. The Morgan fingerprint density at radius 1 is 1.71 bits per heavy atom. The molecule has 0 saturated heterocycles. The molecule has 0 unspecified atom stereocenters. The van der Waals surface area contributed by atoms with Crippen molar-refractivity contribution >= 4 is 29.5 Å². The number of carbonyl (C=O) groups is 1. The van der Waals surface area contributed by atoms with Crippen LogP contribution >= 0.6 is 23.6 Å². The zero-order valence-corrected chi connectivity index (χ0v) is 15.4. The molecule has 1 fully saturated rings. The van der Waals surface area contributed by atoms with Gasteiger partial charge in [0.05, 0.1) is 11.5 Å². The van der Waals surface area contributed by atoms with Crippen LogP contribution in [0.4, 0.5) is 0 Å². The van der Waals surface area contributed by atoms with Crippen LogP contribution in [-0.4, -0.2) is 38.4 Å². The van der Waals surface area contributed by atoms with Gasteiger partial charge in [0.25, 0.3) is 0 Å². The largest absolute Gasteiger partial charge is 0.396 e. The summed E-state index contributed by atoms with van der Waals surface area (Å²) in [5, 5.41) is 21.8. The standard InChI is InChI=1S/C16H22N4O2S2/c1-10(14(22)17-12-6-3-7-16(12,2)9-21)20-13(18-19-15(20)23)11-5-4-8-24-11/h4-5,8,10,12,21H,3,6-7,9H2,1-2H3,(H,17,22)(H,19,23)/t10-,12+,16-/m1/s1. The van der Waals surface area contributed by atoms with Gasteiger partial charge in [0.15, 0.2) is 10.6 Å². The number of thiophene rings is 1. The van der Waals surface area contributed by atoms with Crippen LogP contribution in [0.2, 0.25) is 0 Å². The fourth-order valence-corrected chi connectivity index (χ4v) is 4.32. The summed E-state index contributed by atoms with van der Waals surface area (Å²) in [4.78, 5) is 13.7. The minimum Gasteiger partial charge on any atom is -0.396 e. The maximum absolute atomic E-state index is 12.8. The average molecular weight is 367 g/mol. The van der Waals surface area contributed by atoms with Crippen LogP contribution in [-0.2, 0) is 4.79 Å². The highest BCUT2D eigenvalue weighted by atomic mass is 32.1. The van der Waals surface area contributed by atoms with Crippen molar-refractivity contribution in [3.63, 3.8) is 0 Å². The first-order valence-electron chi connectivity index (χ1n) is 8.08.